The van der Waals surface area contributed by atoms with Gasteiger partial charge in [-0.25, -0.2) is 0 Å². The number of amides is 2. The molecule has 0 saturated carbocycles. The molecule has 3 aromatic carbocycles. The standard InChI is InChI=1S/C24H21F3N2O3S/c1-16(23(31)29-21-13-6-5-12-20(21)24(25,26)27)33-19-11-7-8-17(14-19)28-22(30)15-32-18-9-3-2-4-10-18/h2-14,16H,15H2,1H3,(H,28,30)(H,29,31). The van der Waals surface area contributed by atoms with Crippen molar-refractivity contribution in [3.8, 4) is 5.75 Å². The Kier molecular flexibility index (Phi) is 8.00. The molecule has 172 valence electrons. The predicted molar refractivity (Wildman–Crippen MR) is 122 cm³/mol. The summed E-state index contributed by atoms with van der Waals surface area (Å²) < 4.78 is 44.8. The Labute approximate surface area is 193 Å². The molecule has 0 aromatic heterocycles. The molecule has 0 bridgehead atoms. The fourth-order valence-corrected chi connectivity index (χ4v) is 3.77. The van der Waals surface area contributed by atoms with Gasteiger partial charge < -0.3 is 15.4 Å². The van der Waals surface area contributed by atoms with Crippen LogP contribution in [-0.2, 0) is 15.8 Å². The van der Waals surface area contributed by atoms with Gasteiger partial charge in [0.15, 0.2) is 6.61 Å². The van der Waals surface area contributed by atoms with E-state index >= 15 is 0 Å². The summed E-state index contributed by atoms with van der Waals surface area (Å²) in [5.41, 5.74) is -0.684. The predicted octanol–water partition coefficient (Wildman–Crippen LogP) is 5.84. The summed E-state index contributed by atoms with van der Waals surface area (Å²) in [6, 6.07) is 20.6. The quantitative estimate of drug-likeness (QED) is 0.403. The highest BCUT2D eigenvalue weighted by molar-refractivity contribution is 8.00. The Morgan fingerprint density at radius 2 is 1.64 bits per heavy atom. The molecule has 0 fully saturated rings. The highest BCUT2D eigenvalue weighted by atomic mass is 32.2. The molecule has 3 aromatic rings. The smallest absolute Gasteiger partial charge is 0.418 e. The largest absolute Gasteiger partial charge is 0.484 e. The maximum absolute atomic E-state index is 13.1. The lowest BCUT2D eigenvalue weighted by Gasteiger charge is -2.16. The minimum absolute atomic E-state index is 0.168. The number of thioether (sulfide) groups is 1. The molecule has 3 rings (SSSR count). The second-order valence-corrected chi connectivity index (χ2v) is 8.38. The highest BCUT2D eigenvalue weighted by Crippen LogP contribution is 2.35. The van der Waals surface area contributed by atoms with Crippen LogP contribution in [0.4, 0.5) is 24.5 Å². The van der Waals surface area contributed by atoms with E-state index in [1.165, 1.54) is 18.2 Å². The van der Waals surface area contributed by atoms with Gasteiger partial charge in [-0.15, -0.1) is 11.8 Å². The first-order chi connectivity index (χ1) is 15.7. The summed E-state index contributed by atoms with van der Waals surface area (Å²) in [6.45, 7) is 1.42. The van der Waals surface area contributed by atoms with Gasteiger partial charge in [-0.1, -0.05) is 36.4 Å². The number of hydrogen-bond acceptors (Lipinski definition) is 4. The summed E-state index contributed by atoms with van der Waals surface area (Å²) in [7, 11) is 0. The molecular weight excluding hydrogens is 453 g/mol. The number of anilines is 2. The Bertz CT molecular complexity index is 1110. The van der Waals surface area contributed by atoms with E-state index in [4.69, 9.17) is 4.74 Å². The number of carbonyl (C=O) groups is 2. The fraction of sp³-hybridized carbons (Fsp3) is 0.167. The van der Waals surface area contributed by atoms with E-state index in [-0.39, 0.29) is 18.2 Å². The Hall–Kier alpha value is -3.46. The van der Waals surface area contributed by atoms with Crippen molar-refractivity contribution < 1.29 is 27.5 Å². The number of rotatable bonds is 8. The van der Waals surface area contributed by atoms with E-state index < -0.39 is 22.9 Å². The number of ether oxygens (including phenoxy) is 1. The molecule has 2 amide bonds. The lowest BCUT2D eigenvalue weighted by molar-refractivity contribution is -0.137. The van der Waals surface area contributed by atoms with E-state index in [0.29, 0.717) is 16.3 Å². The summed E-state index contributed by atoms with van der Waals surface area (Å²) >= 11 is 1.16. The number of halogens is 3. The summed E-state index contributed by atoms with van der Waals surface area (Å²) in [4.78, 5) is 25.3. The van der Waals surface area contributed by atoms with E-state index in [2.05, 4.69) is 10.6 Å². The normalized spacial score (nSPS) is 12.0. The molecule has 0 aliphatic heterocycles. The van der Waals surface area contributed by atoms with Crippen molar-refractivity contribution >= 4 is 35.0 Å². The van der Waals surface area contributed by atoms with Gasteiger partial charge in [0.1, 0.15) is 5.75 Å². The maximum atomic E-state index is 13.1. The van der Waals surface area contributed by atoms with Gasteiger partial charge in [-0.05, 0) is 49.4 Å². The van der Waals surface area contributed by atoms with E-state index in [1.54, 1.807) is 55.5 Å². The van der Waals surface area contributed by atoms with Gasteiger partial charge in [-0.2, -0.15) is 13.2 Å². The third-order valence-corrected chi connectivity index (χ3v) is 5.50. The molecule has 9 heteroatoms. The van der Waals surface area contributed by atoms with Crippen molar-refractivity contribution in [3.05, 3.63) is 84.4 Å². The summed E-state index contributed by atoms with van der Waals surface area (Å²) in [5.74, 6) is -0.346. The minimum atomic E-state index is -4.57. The Balaban J connectivity index is 1.57. The molecule has 33 heavy (non-hydrogen) atoms. The first-order valence-corrected chi connectivity index (χ1v) is 10.8. The minimum Gasteiger partial charge on any atom is -0.484 e. The van der Waals surface area contributed by atoms with Crippen molar-refractivity contribution in [2.75, 3.05) is 17.2 Å². The van der Waals surface area contributed by atoms with Crippen LogP contribution >= 0.6 is 11.8 Å². The maximum Gasteiger partial charge on any atom is 0.418 e. The number of carbonyl (C=O) groups excluding carboxylic acids is 2. The number of benzene rings is 3. The molecule has 2 N–H and O–H groups in total. The van der Waals surface area contributed by atoms with Crippen molar-refractivity contribution in [1.29, 1.82) is 0 Å². The molecule has 0 saturated heterocycles. The van der Waals surface area contributed by atoms with E-state index in [0.717, 1.165) is 17.8 Å². The second-order valence-electron chi connectivity index (χ2n) is 6.97. The molecule has 0 spiro atoms. The van der Waals surface area contributed by atoms with Crippen molar-refractivity contribution in [1.82, 2.24) is 0 Å². The average Bonchev–Trinajstić information content (AvgIpc) is 2.78. The topological polar surface area (TPSA) is 67.4 Å². The molecule has 5 nitrogen and oxygen atoms in total. The van der Waals surface area contributed by atoms with Gasteiger partial charge in [0, 0.05) is 10.6 Å². The average molecular weight is 475 g/mol. The van der Waals surface area contributed by atoms with Crippen LogP contribution in [-0.4, -0.2) is 23.7 Å². The van der Waals surface area contributed by atoms with E-state index in [1.807, 2.05) is 6.07 Å². The van der Waals surface area contributed by atoms with E-state index in [9.17, 15) is 22.8 Å². The van der Waals surface area contributed by atoms with Crippen LogP contribution in [0.5, 0.6) is 5.75 Å². The van der Waals surface area contributed by atoms with Crippen LogP contribution in [0.1, 0.15) is 12.5 Å². The number of hydrogen-bond donors (Lipinski definition) is 2. The Morgan fingerprint density at radius 3 is 2.36 bits per heavy atom. The summed E-state index contributed by atoms with van der Waals surface area (Å²) in [6.07, 6.45) is -4.57. The lowest BCUT2D eigenvalue weighted by Crippen LogP contribution is -2.24. The first kappa shape index (κ1) is 24.2. The lowest BCUT2D eigenvalue weighted by atomic mass is 10.1. The molecule has 0 aliphatic carbocycles. The van der Waals surface area contributed by atoms with Crippen LogP contribution in [0, 0.1) is 0 Å². The fourth-order valence-electron chi connectivity index (χ4n) is 2.84. The van der Waals surface area contributed by atoms with Gasteiger partial charge >= 0.3 is 6.18 Å². The zero-order valence-corrected chi connectivity index (χ0v) is 18.4. The van der Waals surface area contributed by atoms with Gasteiger partial charge in [0.2, 0.25) is 5.91 Å². The number of alkyl halides is 3. The summed E-state index contributed by atoms with van der Waals surface area (Å²) in [5, 5.41) is 4.38. The van der Waals surface area contributed by atoms with Crippen molar-refractivity contribution in [2.45, 2.75) is 23.2 Å². The van der Waals surface area contributed by atoms with Gasteiger partial charge in [0.05, 0.1) is 16.5 Å². The molecule has 0 aliphatic rings. The van der Waals surface area contributed by atoms with Gasteiger partial charge in [-0.3, -0.25) is 9.59 Å². The van der Waals surface area contributed by atoms with Crippen LogP contribution in [0.3, 0.4) is 0 Å². The third kappa shape index (κ3) is 7.28. The Morgan fingerprint density at radius 1 is 0.939 bits per heavy atom. The third-order valence-electron chi connectivity index (χ3n) is 4.40. The zero-order valence-electron chi connectivity index (χ0n) is 17.6. The zero-order chi connectivity index (χ0) is 23.8. The van der Waals surface area contributed by atoms with Crippen LogP contribution in [0.2, 0.25) is 0 Å². The van der Waals surface area contributed by atoms with Crippen LogP contribution in [0.15, 0.2) is 83.8 Å². The van der Waals surface area contributed by atoms with Crippen LogP contribution in [0.25, 0.3) is 0 Å². The monoisotopic (exact) mass is 474 g/mol. The molecule has 0 heterocycles. The van der Waals surface area contributed by atoms with Crippen LogP contribution < -0.4 is 15.4 Å². The molecule has 1 unspecified atom stereocenters. The first-order valence-electron chi connectivity index (χ1n) is 9.94. The molecule has 1 atom stereocenters. The van der Waals surface area contributed by atoms with Gasteiger partial charge in [0.25, 0.3) is 5.91 Å². The number of para-hydroxylation sites is 2. The van der Waals surface area contributed by atoms with Crippen molar-refractivity contribution in [3.63, 3.8) is 0 Å². The molecule has 0 radical (unpaired) electrons. The van der Waals surface area contributed by atoms with Crippen molar-refractivity contribution in [2.24, 2.45) is 0 Å². The highest BCUT2D eigenvalue weighted by Gasteiger charge is 2.33. The molecular formula is C24H21F3N2O3S. The number of nitrogens with one attached hydrogen (secondary N) is 2. The second kappa shape index (κ2) is 10.9. The SMILES string of the molecule is CC(Sc1cccc(NC(=O)COc2ccccc2)c1)C(=O)Nc1ccccc1C(F)(F)F.